The highest BCUT2D eigenvalue weighted by Crippen LogP contribution is 2.15. The fourth-order valence-electron chi connectivity index (χ4n) is 1.31. The summed E-state index contributed by atoms with van der Waals surface area (Å²) in [6.07, 6.45) is 2.35. The minimum absolute atomic E-state index is 0.329. The van der Waals surface area contributed by atoms with Crippen LogP contribution in [0.4, 0.5) is 10.2 Å². The highest BCUT2D eigenvalue weighted by atomic mass is 19.1. The summed E-state index contributed by atoms with van der Waals surface area (Å²) in [7, 11) is 3.73. The van der Waals surface area contributed by atoms with E-state index in [0.717, 1.165) is 19.5 Å². The second kappa shape index (κ2) is 5.60. The number of halogens is 1. The molecule has 0 bridgehead atoms. The average Bonchev–Trinajstić information content (AvgIpc) is 2.22. The van der Waals surface area contributed by atoms with Crippen LogP contribution in [0.25, 0.3) is 0 Å². The van der Waals surface area contributed by atoms with Crippen LogP contribution in [0.2, 0.25) is 0 Å². The molecule has 0 aliphatic rings. The largest absolute Gasteiger partial charge is 0.357 e. The van der Waals surface area contributed by atoms with Crippen LogP contribution in [-0.4, -0.2) is 37.2 Å². The maximum absolute atomic E-state index is 13.6. The Morgan fingerprint density at radius 3 is 2.87 bits per heavy atom. The van der Waals surface area contributed by atoms with Crippen LogP contribution in [0.1, 0.15) is 12.1 Å². The number of aromatic nitrogens is 2. The molecule has 0 amide bonds. The molecule has 1 aromatic rings. The molecular formula is C10H17FN4. The third-order valence-corrected chi connectivity index (χ3v) is 2.23. The molecule has 1 rings (SSSR count). The predicted molar refractivity (Wildman–Crippen MR) is 58.5 cm³/mol. The van der Waals surface area contributed by atoms with Gasteiger partial charge in [0.05, 0.1) is 5.69 Å². The summed E-state index contributed by atoms with van der Waals surface area (Å²) >= 11 is 0. The Morgan fingerprint density at radius 2 is 2.20 bits per heavy atom. The number of rotatable bonds is 5. The van der Waals surface area contributed by atoms with Crippen molar-refractivity contribution in [2.45, 2.75) is 13.3 Å². The SMILES string of the molecule is CNCCCN(C)c1ncnc(C)c1F. The summed E-state index contributed by atoms with van der Waals surface area (Å²) < 4.78 is 13.6. The molecule has 0 atom stereocenters. The molecule has 84 valence electrons. The maximum Gasteiger partial charge on any atom is 0.186 e. The molecule has 15 heavy (non-hydrogen) atoms. The van der Waals surface area contributed by atoms with Crippen LogP contribution in [-0.2, 0) is 0 Å². The molecule has 0 saturated heterocycles. The van der Waals surface area contributed by atoms with Gasteiger partial charge in [-0.2, -0.15) is 0 Å². The Balaban J connectivity index is 2.65. The van der Waals surface area contributed by atoms with Gasteiger partial charge in [-0.25, -0.2) is 14.4 Å². The van der Waals surface area contributed by atoms with Crippen molar-refractivity contribution in [2.24, 2.45) is 0 Å². The van der Waals surface area contributed by atoms with Crippen LogP contribution >= 0.6 is 0 Å². The summed E-state index contributed by atoms with van der Waals surface area (Å²) in [5.41, 5.74) is 0.389. The first kappa shape index (κ1) is 11.8. The topological polar surface area (TPSA) is 41.0 Å². The van der Waals surface area contributed by atoms with Crippen molar-refractivity contribution in [1.82, 2.24) is 15.3 Å². The van der Waals surface area contributed by atoms with Crippen molar-refractivity contribution >= 4 is 5.82 Å². The van der Waals surface area contributed by atoms with Gasteiger partial charge in [-0.1, -0.05) is 0 Å². The van der Waals surface area contributed by atoms with Gasteiger partial charge in [0.1, 0.15) is 6.33 Å². The van der Waals surface area contributed by atoms with E-state index in [-0.39, 0.29) is 5.82 Å². The molecule has 0 spiro atoms. The van der Waals surface area contributed by atoms with E-state index in [1.807, 2.05) is 14.1 Å². The number of aryl methyl sites for hydroxylation is 1. The summed E-state index contributed by atoms with van der Waals surface area (Å²) in [4.78, 5) is 9.54. The Morgan fingerprint density at radius 1 is 1.47 bits per heavy atom. The van der Waals surface area contributed by atoms with Gasteiger partial charge in [0, 0.05) is 13.6 Å². The molecule has 0 aliphatic carbocycles. The third-order valence-electron chi connectivity index (χ3n) is 2.23. The smallest absolute Gasteiger partial charge is 0.186 e. The highest BCUT2D eigenvalue weighted by molar-refractivity contribution is 5.39. The Bertz CT molecular complexity index is 316. The minimum Gasteiger partial charge on any atom is -0.357 e. The van der Waals surface area contributed by atoms with Gasteiger partial charge in [0.25, 0.3) is 0 Å². The van der Waals surface area contributed by atoms with Gasteiger partial charge in [-0.05, 0) is 26.9 Å². The first-order chi connectivity index (χ1) is 7.16. The number of anilines is 1. The predicted octanol–water partition coefficient (Wildman–Crippen LogP) is 0.970. The lowest BCUT2D eigenvalue weighted by atomic mass is 10.3. The van der Waals surface area contributed by atoms with Crippen molar-refractivity contribution in [2.75, 3.05) is 32.1 Å². The Kier molecular flexibility index (Phi) is 4.42. The number of nitrogens with one attached hydrogen (secondary N) is 1. The molecule has 5 heteroatoms. The van der Waals surface area contributed by atoms with Crippen molar-refractivity contribution in [3.8, 4) is 0 Å². The number of hydrogen-bond acceptors (Lipinski definition) is 4. The minimum atomic E-state index is -0.329. The maximum atomic E-state index is 13.6. The first-order valence-corrected chi connectivity index (χ1v) is 4.99. The van der Waals surface area contributed by atoms with Gasteiger partial charge in [0.15, 0.2) is 11.6 Å². The van der Waals surface area contributed by atoms with Crippen LogP contribution in [0.5, 0.6) is 0 Å². The zero-order valence-corrected chi connectivity index (χ0v) is 9.42. The summed E-state index contributed by atoms with van der Waals surface area (Å²) in [5.74, 6) is 0.0445. The number of hydrogen-bond donors (Lipinski definition) is 1. The lowest BCUT2D eigenvalue weighted by Crippen LogP contribution is -2.24. The molecule has 4 nitrogen and oxygen atoms in total. The van der Waals surface area contributed by atoms with Crippen molar-refractivity contribution in [1.29, 1.82) is 0 Å². The quantitative estimate of drug-likeness (QED) is 0.738. The Hall–Kier alpha value is -1.23. The molecule has 0 aromatic carbocycles. The third kappa shape index (κ3) is 3.13. The molecule has 1 heterocycles. The van der Waals surface area contributed by atoms with E-state index in [9.17, 15) is 4.39 Å². The highest BCUT2D eigenvalue weighted by Gasteiger charge is 2.11. The van der Waals surface area contributed by atoms with Crippen molar-refractivity contribution < 1.29 is 4.39 Å². The fourth-order valence-corrected chi connectivity index (χ4v) is 1.31. The van der Waals surface area contributed by atoms with Crippen molar-refractivity contribution in [3.05, 3.63) is 17.8 Å². The molecule has 0 radical (unpaired) electrons. The average molecular weight is 212 g/mol. The lowest BCUT2D eigenvalue weighted by molar-refractivity contribution is 0.592. The lowest BCUT2D eigenvalue weighted by Gasteiger charge is -2.18. The number of nitrogens with zero attached hydrogens (tertiary/aromatic N) is 3. The van der Waals surface area contributed by atoms with E-state index in [0.29, 0.717) is 11.5 Å². The molecule has 0 unspecified atom stereocenters. The summed E-state index contributed by atoms with van der Waals surface area (Å²) in [6, 6.07) is 0. The van der Waals surface area contributed by atoms with E-state index < -0.39 is 0 Å². The molecule has 1 N–H and O–H groups in total. The normalized spacial score (nSPS) is 10.4. The first-order valence-electron chi connectivity index (χ1n) is 4.99. The van der Waals surface area contributed by atoms with Crippen LogP contribution in [0, 0.1) is 12.7 Å². The second-order valence-corrected chi connectivity index (χ2v) is 3.48. The van der Waals surface area contributed by atoms with Crippen LogP contribution in [0.3, 0.4) is 0 Å². The monoisotopic (exact) mass is 212 g/mol. The summed E-state index contributed by atoms with van der Waals surface area (Å²) in [6.45, 7) is 3.33. The van der Waals surface area contributed by atoms with Gasteiger partial charge in [-0.15, -0.1) is 0 Å². The fraction of sp³-hybridized carbons (Fsp3) is 0.600. The second-order valence-electron chi connectivity index (χ2n) is 3.48. The molecule has 0 aliphatic heterocycles. The molecule has 1 aromatic heterocycles. The zero-order valence-electron chi connectivity index (χ0n) is 9.42. The van der Waals surface area contributed by atoms with Gasteiger partial charge >= 0.3 is 0 Å². The van der Waals surface area contributed by atoms with E-state index in [2.05, 4.69) is 15.3 Å². The van der Waals surface area contributed by atoms with E-state index in [4.69, 9.17) is 0 Å². The van der Waals surface area contributed by atoms with Gasteiger partial charge in [0.2, 0.25) is 0 Å². The van der Waals surface area contributed by atoms with E-state index in [1.54, 1.807) is 11.8 Å². The van der Waals surface area contributed by atoms with Crippen LogP contribution < -0.4 is 10.2 Å². The summed E-state index contributed by atoms with van der Waals surface area (Å²) in [5, 5.41) is 3.05. The zero-order chi connectivity index (χ0) is 11.3. The van der Waals surface area contributed by atoms with E-state index >= 15 is 0 Å². The molecule has 0 saturated carbocycles. The van der Waals surface area contributed by atoms with E-state index in [1.165, 1.54) is 6.33 Å². The molecule has 0 fully saturated rings. The van der Waals surface area contributed by atoms with Crippen molar-refractivity contribution in [3.63, 3.8) is 0 Å². The Labute approximate surface area is 89.5 Å². The van der Waals surface area contributed by atoms with Gasteiger partial charge in [-0.3, -0.25) is 0 Å². The van der Waals surface area contributed by atoms with Gasteiger partial charge < -0.3 is 10.2 Å². The molecular weight excluding hydrogens is 195 g/mol. The van der Waals surface area contributed by atoms with Crippen LogP contribution in [0.15, 0.2) is 6.33 Å². The standard InChI is InChI=1S/C10H17FN4/c1-8-9(11)10(14-7-13-8)15(3)6-4-5-12-2/h7,12H,4-6H2,1-3H3.